The standard InChI is InChI=1S/C21H28N2O4/c1-23-10-9-20-12-14(19(22)24)7-8-21(20,27-4)16(23)11-13-5-6-15(25-2)18(26-3)17(13)20/h5-6,12,16H,7-11H2,1-4H3,(H2,22,24)/t16-,20-,21+/m0/s1. The minimum absolute atomic E-state index is 0.229. The van der Waals surface area contributed by atoms with E-state index in [1.165, 1.54) is 5.56 Å². The zero-order valence-electron chi connectivity index (χ0n) is 16.5. The lowest BCUT2D eigenvalue weighted by atomic mass is 9.50. The summed E-state index contributed by atoms with van der Waals surface area (Å²) in [5.41, 5.74) is 7.81. The molecule has 1 heterocycles. The number of amides is 1. The number of benzene rings is 1. The van der Waals surface area contributed by atoms with Gasteiger partial charge in [0.15, 0.2) is 11.5 Å². The van der Waals surface area contributed by atoms with Crippen LogP contribution in [0.2, 0.25) is 0 Å². The monoisotopic (exact) mass is 372 g/mol. The Morgan fingerprint density at radius 3 is 2.63 bits per heavy atom. The van der Waals surface area contributed by atoms with E-state index in [1.807, 2.05) is 6.07 Å². The molecule has 1 aromatic carbocycles. The van der Waals surface area contributed by atoms with Crippen LogP contribution in [-0.4, -0.2) is 57.4 Å². The molecular weight excluding hydrogens is 344 g/mol. The minimum atomic E-state index is -0.463. The van der Waals surface area contributed by atoms with Gasteiger partial charge in [-0.15, -0.1) is 0 Å². The average Bonchev–Trinajstić information content (AvgIpc) is 2.68. The fourth-order valence-electron chi connectivity index (χ4n) is 5.83. The zero-order valence-corrected chi connectivity index (χ0v) is 16.5. The van der Waals surface area contributed by atoms with Gasteiger partial charge in [0, 0.05) is 29.7 Å². The zero-order chi connectivity index (χ0) is 19.4. The van der Waals surface area contributed by atoms with Gasteiger partial charge in [0.05, 0.1) is 19.8 Å². The fourth-order valence-corrected chi connectivity index (χ4v) is 5.83. The van der Waals surface area contributed by atoms with Gasteiger partial charge < -0.3 is 24.8 Å². The number of likely N-dealkylation sites (N-methyl/N-ethyl adjacent to an activating group) is 1. The summed E-state index contributed by atoms with van der Waals surface area (Å²) in [7, 11) is 7.28. The first-order valence-electron chi connectivity index (χ1n) is 9.45. The van der Waals surface area contributed by atoms with Crippen molar-refractivity contribution >= 4 is 5.91 Å². The highest BCUT2D eigenvalue weighted by molar-refractivity contribution is 5.92. The van der Waals surface area contributed by atoms with Crippen LogP contribution < -0.4 is 15.2 Å². The van der Waals surface area contributed by atoms with Gasteiger partial charge >= 0.3 is 0 Å². The van der Waals surface area contributed by atoms with Crippen molar-refractivity contribution in [1.82, 2.24) is 4.90 Å². The summed E-state index contributed by atoms with van der Waals surface area (Å²) >= 11 is 0. The molecule has 6 nitrogen and oxygen atoms in total. The van der Waals surface area contributed by atoms with Crippen LogP contribution in [0.4, 0.5) is 0 Å². The first-order valence-corrected chi connectivity index (χ1v) is 9.45. The lowest BCUT2D eigenvalue weighted by Crippen LogP contribution is -2.72. The summed E-state index contributed by atoms with van der Waals surface area (Å²) in [5, 5.41) is 0. The van der Waals surface area contributed by atoms with Gasteiger partial charge in [0.25, 0.3) is 0 Å². The van der Waals surface area contributed by atoms with Crippen LogP contribution in [0, 0.1) is 0 Å². The van der Waals surface area contributed by atoms with Crippen LogP contribution in [0.25, 0.3) is 0 Å². The Hall–Kier alpha value is -2.05. The second-order valence-electron chi connectivity index (χ2n) is 7.88. The fraction of sp³-hybridized carbons (Fsp3) is 0.571. The topological polar surface area (TPSA) is 74.0 Å². The summed E-state index contributed by atoms with van der Waals surface area (Å²) < 4.78 is 17.8. The third-order valence-corrected chi connectivity index (χ3v) is 7.04. The number of hydrogen-bond donors (Lipinski definition) is 1. The van der Waals surface area contributed by atoms with Crippen LogP contribution in [-0.2, 0) is 21.4 Å². The number of ether oxygens (including phenoxy) is 3. The van der Waals surface area contributed by atoms with E-state index in [9.17, 15) is 4.79 Å². The number of carbonyl (C=O) groups is 1. The Labute approximate surface area is 160 Å². The predicted molar refractivity (Wildman–Crippen MR) is 102 cm³/mol. The lowest BCUT2D eigenvalue weighted by Gasteiger charge is -2.63. The van der Waals surface area contributed by atoms with E-state index < -0.39 is 11.0 Å². The maximum Gasteiger partial charge on any atom is 0.244 e. The molecule has 146 valence electrons. The third kappa shape index (κ3) is 2.23. The number of rotatable bonds is 4. The summed E-state index contributed by atoms with van der Waals surface area (Å²) in [6.07, 6.45) is 5.19. The maximum absolute atomic E-state index is 12.1. The van der Waals surface area contributed by atoms with Crippen molar-refractivity contribution < 1.29 is 19.0 Å². The van der Waals surface area contributed by atoms with Gasteiger partial charge in [-0.3, -0.25) is 4.79 Å². The molecule has 2 bridgehead atoms. The van der Waals surface area contributed by atoms with E-state index in [0.717, 1.165) is 37.1 Å². The maximum atomic E-state index is 12.1. The first kappa shape index (κ1) is 18.3. The molecular formula is C21H28N2O4. The first-order chi connectivity index (χ1) is 12.9. The van der Waals surface area contributed by atoms with E-state index in [1.54, 1.807) is 21.3 Å². The molecule has 0 unspecified atom stereocenters. The molecule has 1 amide bonds. The molecule has 3 atom stereocenters. The van der Waals surface area contributed by atoms with Crippen molar-refractivity contribution in [2.45, 2.75) is 42.7 Å². The van der Waals surface area contributed by atoms with Crippen molar-refractivity contribution in [2.24, 2.45) is 5.73 Å². The summed E-state index contributed by atoms with van der Waals surface area (Å²) in [5.74, 6) is 1.09. The van der Waals surface area contributed by atoms with Crippen molar-refractivity contribution in [3.63, 3.8) is 0 Å². The highest BCUT2D eigenvalue weighted by Crippen LogP contribution is 2.61. The van der Waals surface area contributed by atoms with Crippen molar-refractivity contribution in [2.75, 3.05) is 34.9 Å². The van der Waals surface area contributed by atoms with Gasteiger partial charge in [-0.1, -0.05) is 12.1 Å². The molecule has 1 saturated heterocycles. The molecule has 1 aliphatic heterocycles. The van der Waals surface area contributed by atoms with Crippen LogP contribution in [0.3, 0.4) is 0 Å². The van der Waals surface area contributed by atoms with Gasteiger partial charge in [0.1, 0.15) is 0 Å². The number of nitrogens with two attached hydrogens (primary N) is 1. The van der Waals surface area contributed by atoms with Crippen molar-refractivity contribution in [3.05, 3.63) is 34.9 Å². The second kappa shape index (κ2) is 6.24. The summed E-state index contributed by atoms with van der Waals surface area (Å²) in [6, 6.07) is 4.31. The molecule has 27 heavy (non-hydrogen) atoms. The molecule has 0 spiro atoms. The highest BCUT2D eigenvalue weighted by atomic mass is 16.5. The Morgan fingerprint density at radius 2 is 2.00 bits per heavy atom. The predicted octanol–water partition coefficient (Wildman–Crippen LogP) is 1.79. The largest absolute Gasteiger partial charge is 0.493 e. The number of fused-ring (bicyclic) bond motifs is 1. The van der Waals surface area contributed by atoms with E-state index in [2.05, 4.69) is 24.1 Å². The molecule has 3 aliphatic rings. The van der Waals surface area contributed by atoms with E-state index >= 15 is 0 Å². The SMILES string of the molecule is COc1ccc2c(c1OC)[C@]13C=C(C(N)=O)CC[C@@]1(OC)[C@H](C2)N(C)CC3. The molecule has 2 aliphatic carbocycles. The van der Waals surface area contributed by atoms with Gasteiger partial charge in [0.2, 0.25) is 5.91 Å². The minimum Gasteiger partial charge on any atom is -0.493 e. The van der Waals surface area contributed by atoms with E-state index in [0.29, 0.717) is 17.7 Å². The van der Waals surface area contributed by atoms with Gasteiger partial charge in [-0.05, 0) is 50.9 Å². The number of nitrogens with zero attached hydrogens (tertiary/aromatic N) is 1. The molecule has 4 rings (SSSR count). The van der Waals surface area contributed by atoms with Crippen LogP contribution in [0.15, 0.2) is 23.8 Å². The number of likely N-dealkylation sites (tertiary alicyclic amines) is 1. The normalized spacial score (nSPS) is 32.1. The Bertz CT molecular complexity index is 821. The molecule has 6 heteroatoms. The summed E-state index contributed by atoms with van der Waals surface area (Å²) in [6.45, 7) is 0.915. The van der Waals surface area contributed by atoms with Crippen molar-refractivity contribution in [1.29, 1.82) is 0 Å². The number of primary amides is 1. The lowest BCUT2D eigenvalue weighted by molar-refractivity contribution is -0.156. The third-order valence-electron chi connectivity index (χ3n) is 7.04. The van der Waals surface area contributed by atoms with Crippen LogP contribution in [0.1, 0.15) is 30.4 Å². The van der Waals surface area contributed by atoms with Crippen LogP contribution >= 0.6 is 0 Å². The van der Waals surface area contributed by atoms with Crippen molar-refractivity contribution in [3.8, 4) is 11.5 Å². The van der Waals surface area contributed by atoms with E-state index in [-0.39, 0.29) is 11.9 Å². The highest BCUT2D eigenvalue weighted by Gasteiger charge is 2.65. The summed E-state index contributed by atoms with van der Waals surface area (Å²) in [4.78, 5) is 14.5. The molecule has 0 aromatic heterocycles. The Kier molecular flexibility index (Phi) is 4.24. The number of hydrogen-bond acceptors (Lipinski definition) is 5. The molecule has 0 radical (unpaired) electrons. The molecule has 0 saturated carbocycles. The second-order valence-corrected chi connectivity index (χ2v) is 7.88. The smallest absolute Gasteiger partial charge is 0.244 e. The van der Waals surface area contributed by atoms with E-state index in [4.69, 9.17) is 19.9 Å². The van der Waals surface area contributed by atoms with Gasteiger partial charge in [-0.2, -0.15) is 0 Å². The van der Waals surface area contributed by atoms with Gasteiger partial charge in [-0.25, -0.2) is 0 Å². The Balaban J connectivity index is 2.08. The Morgan fingerprint density at radius 1 is 1.22 bits per heavy atom. The molecule has 1 fully saturated rings. The quantitative estimate of drug-likeness (QED) is 0.872. The molecule has 1 aromatic rings. The average molecular weight is 372 g/mol. The number of carbonyl (C=O) groups excluding carboxylic acids is 1. The number of methoxy groups -OCH3 is 3. The van der Waals surface area contributed by atoms with Crippen LogP contribution in [0.5, 0.6) is 11.5 Å². The number of piperidine rings is 1. The molecule has 2 N–H and O–H groups in total.